The summed E-state index contributed by atoms with van der Waals surface area (Å²) in [5, 5.41) is 11.2. The van der Waals surface area contributed by atoms with Gasteiger partial charge in [-0.2, -0.15) is 14.9 Å². The molecule has 0 fully saturated rings. The normalized spacial score (nSPS) is 11.4. The maximum absolute atomic E-state index is 13.0. The van der Waals surface area contributed by atoms with Crippen LogP contribution in [0.5, 0.6) is 5.75 Å². The fourth-order valence-corrected chi connectivity index (χ4v) is 2.51. The number of hydrogen-bond donors (Lipinski definition) is 1. The molecule has 0 bridgehead atoms. The zero-order valence-corrected chi connectivity index (χ0v) is 15.3. The third-order valence-corrected chi connectivity index (χ3v) is 4.09. The molecule has 26 heavy (non-hydrogen) atoms. The first kappa shape index (κ1) is 18.0. The van der Waals surface area contributed by atoms with Gasteiger partial charge in [0.1, 0.15) is 18.2 Å². The maximum atomic E-state index is 13.0. The van der Waals surface area contributed by atoms with Gasteiger partial charge in [-0.1, -0.05) is 38.1 Å². The highest BCUT2D eigenvalue weighted by molar-refractivity contribution is 7.71. The molecule has 1 heterocycles. The molecule has 0 atom stereocenters. The van der Waals surface area contributed by atoms with Crippen molar-refractivity contribution in [2.75, 3.05) is 0 Å². The molecule has 1 N–H and O–H groups in total. The minimum atomic E-state index is -0.292. The Morgan fingerprint density at radius 2 is 1.88 bits per heavy atom. The number of benzene rings is 2. The molecule has 5 nitrogen and oxygen atoms in total. The number of aromatic amines is 1. The number of ether oxygens (including phenoxy) is 1. The predicted octanol–water partition coefficient (Wildman–Crippen LogP) is 4.66. The summed E-state index contributed by atoms with van der Waals surface area (Å²) in [4.78, 5) is 0. The molecule has 0 saturated carbocycles. The Morgan fingerprint density at radius 3 is 2.54 bits per heavy atom. The molecule has 0 radical (unpaired) electrons. The molecule has 0 spiro atoms. The van der Waals surface area contributed by atoms with E-state index in [0.717, 1.165) is 11.3 Å². The molecule has 0 saturated heterocycles. The van der Waals surface area contributed by atoms with Crippen LogP contribution in [0.3, 0.4) is 0 Å². The van der Waals surface area contributed by atoms with Gasteiger partial charge in [0.25, 0.3) is 0 Å². The fourth-order valence-electron chi connectivity index (χ4n) is 2.31. The zero-order valence-electron chi connectivity index (χ0n) is 14.5. The maximum Gasteiger partial charge on any atom is 0.216 e. The van der Waals surface area contributed by atoms with E-state index in [0.29, 0.717) is 16.5 Å². The first-order valence-corrected chi connectivity index (χ1v) is 8.63. The number of aromatic nitrogens is 3. The number of rotatable bonds is 6. The second-order valence-corrected chi connectivity index (χ2v) is 6.45. The highest BCUT2D eigenvalue weighted by Crippen LogP contribution is 2.19. The van der Waals surface area contributed by atoms with E-state index >= 15 is 0 Å². The highest BCUT2D eigenvalue weighted by Gasteiger charge is 2.07. The first-order valence-electron chi connectivity index (χ1n) is 8.22. The first-order chi connectivity index (χ1) is 12.5. The van der Waals surface area contributed by atoms with Crippen molar-refractivity contribution in [3.8, 4) is 5.75 Å². The average molecular weight is 370 g/mol. The Hall–Kier alpha value is -2.80. The number of halogens is 1. The summed E-state index contributed by atoms with van der Waals surface area (Å²) in [6.07, 6.45) is 1.59. The molecule has 0 unspecified atom stereocenters. The second-order valence-electron chi connectivity index (χ2n) is 6.07. The van der Waals surface area contributed by atoms with Crippen LogP contribution in [0.15, 0.2) is 53.6 Å². The van der Waals surface area contributed by atoms with Crippen LogP contribution in [0.2, 0.25) is 0 Å². The minimum absolute atomic E-state index is 0.217. The molecule has 1 aromatic heterocycles. The van der Waals surface area contributed by atoms with E-state index in [4.69, 9.17) is 17.0 Å². The lowest BCUT2D eigenvalue weighted by atomic mass is 10.0. The fraction of sp³-hybridized carbons (Fsp3) is 0.211. The average Bonchev–Trinajstić information content (AvgIpc) is 2.99. The van der Waals surface area contributed by atoms with Gasteiger partial charge in [0, 0.05) is 0 Å². The van der Waals surface area contributed by atoms with E-state index in [1.807, 2.05) is 24.3 Å². The lowest BCUT2D eigenvalue weighted by Crippen LogP contribution is -2.04. The zero-order chi connectivity index (χ0) is 18.5. The molecule has 0 amide bonds. The summed E-state index contributed by atoms with van der Waals surface area (Å²) in [6, 6.07) is 14.0. The molecule has 134 valence electrons. The van der Waals surface area contributed by atoms with Crippen LogP contribution in [0, 0.1) is 10.6 Å². The van der Waals surface area contributed by atoms with Crippen molar-refractivity contribution >= 4 is 18.4 Å². The van der Waals surface area contributed by atoms with Crippen LogP contribution in [0.25, 0.3) is 0 Å². The van der Waals surface area contributed by atoms with Crippen molar-refractivity contribution < 1.29 is 9.13 Å². The van der Waals surface area contributed by atoms with Gasteiger partial charge >= 0.3 is 0 Å². The molecule has 7 heteroatoms. The van der Waals surface area contributed by atoms with Gasteiger partial charge in [-0.25, -0.2) is 9.49 Å². The van der Waals surface area contributed by atoms with E-state index in [9.17, 15) is 4.39 Å². The molecule has 3 aromatic rings. The standard InChI is InChI=1S/C19H19FN4OS/c1-13(2)15-5-9-17(10-6-15)25-12-18-22-23-19(26)24(18)21-11-14-3-7-16(20)8-4-14/h3-11,13H,12H2,1-2H3,(H,23,26)/b21-11-. The predicted molar refractivity (Wildman–Crippen MR) is 102 cm³/mol. The van der Waals surface area contributed by atoms with Gasteiger partial charge < -0.3 is 4.74 Å². The third kappa shape index (κ3) is 4.43. The summed E-state index contributed by atoms with van der Waals surface area (Å²) in [6.45, 7) is 4.51. The molecule has 0 aliphatic heterocycles. The molecule has 3 rings (SSSR count). The van der Waals surface area contributed by atoms with Crippen molar-refractivity contribution in [2.45, 2.75) is 26.4 Å². The smallest absolute Gasteiger partial charge is 0.216 e. The van der Waals surface area contributed by atoms with E-state index < -0.39 is 0 Å². The largest absolute Gasteiger partial charge is 0.486 e. The number of H-pyrrole nitrogens is 1. The summed E-state index contributed by atoms with van der Waals surface area (Å²) in [5.74, 6) is 1.47. The molecule has 2 aromatic carbocycles. The highest BCUT2D eigenvalue weighted by atomic mass is 32.1. The van der Waals surface area contributed by atoms with Crippen molar-refractivity contribution in [2.24, 2.45) is 5.10 Å². The Bertz CT molecular complexity index is 943. The Kier molecular flexibility index (Phi) is 5.58. The van der Waals surface area contributed by atoms with E-state index in [2.05, 4.69) is 29.1 Å². The van der Waals surface area contributed by atoms with Crippen LogP contribution in [0.1, 0.15) is 36.7 Å². The van der Waals surface area contributed by atoms with Crippen LogP contribution in [0.4, 0.5) is 4.39 Å². The van der Waals surface area contributed by atoms with Gasteiger partial charge in [0.15, 0.2) is 5.82 Å². The van der Waals surface area contributed by atoms with Crippen LogP contribution >= 0.6 is 12.2 Å². The summed E-state index contributed by atoms with van der Waals surface area (Å²) >= 11 is 5.20. The number of hydrogen-bond acceptors (Lipinski definition) is 4. The van der Waals surface area contributed by atoms with E-state index in [-0.39, 0.29) is 12.4 Å². The third-order valence-electron chi connectivity index (χ3n) is 3.82. The quantitative estimate of drug-likeness (QED) is 0.507. The Morgan fingerprint density at radius 1 is 1.19 bits per heavy atom. The van der Waals surface area contributed by atoms with E-state index in [1.165, 1.54) is 22.4 Å². The number of nitrogens with zero attached hydrogens (tertiary/aromatic N) is 3. The summed E-state index contributed by atoms with van der Waals surface area (Å²) in [5.41, 5.74) is 2.01. The Balaban J connectivity index is 1.71. The van der Waals surface area contributed by atoms with Gasteiger partial charge in [-0.3, -0.25) is 0 Å². The molecular formula is C19H19FN4OS. The van der Waals surface area contributed by atoms with Gasteiger partial charge in [-0.05, 0) is 53.5 Å². The van der Waals surface area contributed by atoms with Crippen molar-refractivity contribution in [1.29, 1.82) is 0 Å². The topological polar surface area (TPSA) is 55.2 Å². The molecular weight excluding hydrogens is 351 g/mol. The van der Waals surface area contributed by atoms with Crippen molar-refractivity contribution in [3.05, 3.63) is 76.1 Å². The van der Waals surface area contributed by atoms with Gasteiger partial charge in [0.05, 0.1) is 6.21 Å². The van der Waals surface area contributed by atoms with Gasteiger partial charge in [0.2, 0.25) is 4.77 Å². The number of nitrogens with one attached hydrogen (secondary N) is 1. The summed E-state index contributed by atoms with van der Waals surface area (Å²) < 4.78 is 20.6. The second kappa shape index (κ2) is 8.05. The van der Waals surface area contributed by atoms with Crippen LogP contribution in [-0.2, 0) is 6.61 Å². The van der Waals surface area contributed by atoms with Crippen molar-refractivity contribution in [3.63, 3.8) is 0 Å². The van der Waals surface area contributed by atoms with Crippen LogP contribution < -0.4 is 4.74 Å². The van der Waals surface area contributed by atoms with E-state index in [1.54, 1.807) is 18.3 Å². The lowest BCUT2D eigenvalue weighted by molar-refractivity contribution is 0.290. The van der Waals surface area contributed by atoms with Gasteiger partial charge in [-0.15, -0.1) is 0 Å². The lowest BCUT2D eigenvalue weighted by Gasteiger charge is -2.08. The Labute approximate surface area is 156 Å². The SMILES string of the molecule is CC(C)c1ccc(OCc2n[nH]c(=S)n2/N=C\c2ccc(F)cc2)cc1. The monoisotopic (exact) mass is 370 g/mol. The minimum Gasteiger partial charge on any atom is -0.486 e. The molecule has 0 aliphatic rings. The summed E-state index contributed by atoms with van der Waals surface area (Å²) in [7, 11) is 0. The van der Waals surface area contributed by atoms with Crippen LogP contribution in [-0.4, -0.2) is 21.1 Å². The molecule has 0 aliphatic carbocycles. The van der Waals surface area contributed by atoms with Crippen molar-refractivity contribution in [1.82, 2.24) is 14.9 Å².